The molecule has 0 aliphatic heterocycles. The summed E-state index contributed by atoms with van der Waals surface area (Å²) in [6.45, 7) is 1.82. The number of sulfonamides is 1. The van der Waals surface area contributed by atoms with Crippen LogP contribution in [0.5, 0.6) is 5.75 Å². The predicted octanol–water partition coefficient (Wildman–Crippen LogP) is 2.37. The molecule has 0 aliphatic rings. The molecule has 0 unspecified atom stereocenters. The number of carbonyl (C=O) groups is 1. The molecule has 2 rings (SSSR count). The Kier molecular flexibility index (Phi) is 7.91. The van der Waals surface area contributed by atoms with Crippen molar-refractivity contribution in [3.63, 3.8) is 0 Å². The summed E-state index contributed by atoms with van der Waals surface area (Å²) in [6, 6.07) is 10.9. The van der Waals surface area contributed by atoms with Crippen molar-refractivity contribution in [3.05, 3.63) is 59.9 Å². The SMILES string of the molecule is COC[C@@H](C)NS(=O)(=O)c1ccc(C(=O)OCCOc2ccccc2F)cc1. The summed E-state index contributed by atoms with van der Waals surface area (Å²) < 4.78 is 55.5. The van der Waals surface area contributed by atoms with Gasteiger partial charge in [0.2, 0.25) is 10.0 Å². The van der Waals surface area contributed by atoms with Crippen molar-refractivity contribution < 1.29 is 31.8 Å². The molecule has 0 spiro atoms. The summed E-state index contributed by atoms with van der Waals surface area (Å²) in [5, 5.41) is 0. The predicted molar refractivity (Wildman–Crippen MR) is 100 cm³/mol. The number of benzene rings is 2. The highest BCUT2D eigenvalue weighted by atomic mass is 32.2. The molecule has 0 amide bonds. The van der Waals surface area contributed by atoms with E-state index in [0.717, 1.165) is 0 Å². The van der Waals surface area contributed by atoms with Crippen LogP contribution < -0.4 is 9.46 Å². The summed E-state index contributed by atoms with van der Waals surface area (Å²) in [5.41, 5.74) is 0.190. The third kappa shape index (κ3) is 6.29. The molecule has 0 aromatic heterocycles. The van der Waals surface area contributed by atoms with E-state index < -0.39 is 27.9 Å². The first-order chi connectivity index (χ1) is 13.3. The number of carbonyl (C=O) groups excluding carboxylic acids is 1. The van der Waals surface area contributed by atoms with Crippen LogP contribution in [0.1, 0.15) is 17.3 Å². The Morgan fingerprint density at radius 3 is 2.43 bits per heavy atom. The van der Waals surface area contributed by atoms with Crippen molar-refractivity contribution in [1.29, 1.82) is 0 Å². The number of para-hydroxylation sites is 1. The van der Waals surface area contributed by atoms with Gasteiger partial charge in [0.25, 0.3) is 0 Å². The van der Waals surface area contributed by atoms with Crippen molar-refractivity contribution in [2.75, 3.05) is 26.9 Å². The van der Waals surface area contributed by atoms with Crippen LogP contribution in [0.4, 0.5) is 4.39 Å². The maximum atomic E-state index is 13.4. The third-order valence-electron chi connectivity index (χ3n) is 3.58. The molecule has 2 aromatic rings. The summed E-state index contributed by atoms with van der Waals surface area (Å²) >= 11 is 0. The molecule has 0 aliphatic carbocycles. The van der Waals surface area contributed by atoms with Crippen LogP contribution in [0.15, 0.2) is 53.4 Å². The van der Waals surface area contributed by atoms with Gasteiger partial charge in [0.15, 0.2) is 11.6 Å². The first kappa shape index (κ1) is 21.8. The van der Waals surface area contributed by atoms with E-state index in [2.05, 4.69) is 4.72 Å². The van der Waals surface area contributed by atoms with Crippen LogP contribution in [0, 0.1) is 5.82 Å². The van der Waals surface area contributed by atoms with Crippen molar-refractivity contribution in [2.24, 2.45) is 0 Å². The maximum absolute atomic E-state index is 13.4. The molecule has 0 saturated heterocycles. The van der Waals surface area contributed by atoms with E-state index >= 15 is 0 Å². The Hall–Kier alpha value is -2.49. The fourth-order valence-electron chi connectivity index (χ4n) is 2.32. The van der Waals surface area contributed by atoms with Crippen LogP contribution in [-0.2, 0) is 19.5 Å². The lowest BCUT2D eigenvalue weighted by atomic mass is 10.2. The first-order valence-corrected chi connectivity index (χ1v) is 9.97. The Balaban J connectivity index is 1.86. The van der Waals surface area contributed by atoms with E-state index in [1.54, 1.807) is 19.1 Å². The van der Waals surface area contributed by atoms with Gasteiger partial charge in [0.05, 0.1) is 17.1 Å². The van der Waals surface area contributed by atoms with E-state index in [0.29, 0.717) is 0 Å². The average molecular weight is 411 g/mol. The normalized spacial score (nSPS) is 12.4. The lowest BCUT2D eigenvalue weighted by molar-refractivity contribution is 0.0448. The fourth-order valence-corrected chi connectivity index (χ4v) is 3.55. The number of hydrogen-bond acceptors (Lipinski definition) is 6. The van der Waals surface area contributed by atoms with E-state index in [1.165, 1.54) is 43.5 Å². The van der Waals surface area contributed by atoms with Gasteiger partial charge in [0.1, 0.15) is 13.2 Å². The summed E-state index contributed by atoms with van der Waals surface area (Å²) in [4.78, 5) is 12.0. The zero-order valence-electron chi connectivity index (χ0n) is 15.6. The summed E-state index contributed by atoms with van der Waals surface area (Å²) in [5.74, 6) is -1.07. The molecule has 1 N–H and O–H groups in total. The second-order valence-corrected chi connectivity index (χ2v) is 7.63. The lowest BCUT2D eigenvalue weighted by Crippen LogP contribution is -2.35. The molecule has 28 heavy (non-hydrogen) atoms. The van der Waals surface area contributed by atoms with Gasteiger partial charge in [-0.2, -0.15) is 0 Å². The minimum absolute atomic E-state index is 0.0134. The zero-order chi connectivity index (χ0) is 20.6. The molecule has 1 atom stereocenters. The number of nitrogens with one attached hydrogen (secondary N) is 1. The topological polar surface area (TPSA) is 90.9 Å². The fraction of sp³-hybridized carbons (Fsp3) is 0.316. The Bertz CT molecular complexity index is 886. The molecule has 0 fully saturated rings. The first-order valence-electron chi connectivity index (χ1n) is 8.49. The monoisotopic (exact) mass is 411 g/mol. The molecular weight excluding hydrogens is 389 g/mol. The van der Waals surface area contributed by atoms with E-state index in [4.69, 9.17) is 14.2 Å². The van der Waals surface area contributed by atoms with Gasteiger partial charge < -0.3 is 14.2 Å². The van der Waals surface area contributed by atoms with E-state index in [9.17, 15) is 17.6 Å². The molecular formula is C19H22FNO6S. The van der Waals surface area contributed by atoms with Gasteiger partial charge in [-0.15, -0.1) is 0 Å². The standard InChI is InChI=1S/C19H22FNO6S/c1-14(13-25-2)21-28(23,24)16-9-7-15(8-10-16)19(22)27-12-11-26-18-6-4-3-5-17(18)20/h3-10,14,21H,11-13H2,1-2H3/t14-/m1/s1. The highest BCUT2D eigenvalue weighted by Crippen LogP contribution is 2.15. The molecule has 0 radical (unpaired) electrons. The van der Waals surface area contributed by atoms with Crippen LogP contribution in [0.2, 0.25) is 0 Å². The second-order valence-electron chi connectivity index (χ2n) is 5.92. The smallest absolute Gasteiger partial charge is 0.338 e. The number of esters is 1. The van der Waals surface area contributed by atoms with Crippen LogP contribution in [0.3, 0.4) is 0 Å². The second kappa shape index (κ2) is 10.2. The zero-order valence-corrected chi connectivity index (χ0v) is 16.4. The van der Waals surface area contributed by atoms with Crippen molar-refractivity contribution in [1.82, 2.24) is 4.72 Å². The van der Waals surface area contributed by atoms with Gasteiger partial charge in [0, 0.05) is 13.2 Å². The lowest BCUT2D eigenvalue weighted by Gasteiger charge is -2.13. The van der Waals surface area contributed by atoms with Gasteiger partial charge >= 0.3 is 5.97 Å². The molecule has 2 aromatic carbocycles. The molecule has 7 nitrogen and oxygen atoms in total. The van der Waals surface area contributed by atoms with Crippen LogP contribution >= 0.6 is 0 Å². The molecule has 0 bridgehead atoms. The molecule has 0 heterocycles. The van der Waals surface area contributed by atoms with Crippen LogP contribution in [0.25, 0.3) is 0 Å². The largest absolute Gasteiger partial charge is 0.487 e. The Morgan fingerprint density at radius 1 is 1.11 bits per heavy atom. The maximum Gasteiger partial charge on any atom is 0.338 e. The van der Waals surface area contributed by atoms with E-state index in [1.807, 2.05) is 0 Å². The minimum Gasteiger partial charge on any atom is -0.487 e. The van der Waals surface area contributed by atoms with Crippen molar-refractivity contribution >= 4 is 16.0 Å². The van der Waals surface area contributed by atoms with Gasteiger partial charge in [-0.05, 0) is 43.3 Å². The summed E-state index contributed by atoms with van der Waals surface area (Å²) in [6.07, 6.45) is 0. The number of rotatable bonds is 10. The Morgan fingerprint density at radius 2 is 1.79 bits per heavy atom. The van der Waals surface area contributed by atoms with E-state index in [-0.39, 0.29) is 36.0 Å². The number of hydrogen-bond donors (Lipinski definition) is 1. The minimum atomic E-state index is -3.72. The van der Waals surface area contributed by atoms with Gasteiger partial charge in [-0.3, -0.25) is 0 Å². The molecule has 0 saturated carbocycles. The average Bonchev–Trinajstić information content (AvgIpc) is 2.66. The highest BCUT2D eigenvalue weighted by Gasteiger charge is 2.18. The quantitative estimate of drug-likeness (QED) is 0.477. The number of ether oxygens (including phenoxy) is 3. The van der Waals surface area contributed by atoms with Crippen molar-refractivity contribution in [3.8, 4) is 5.75 Å². The molecule has 9 heteroatoms. The van der Waals surface area contributed by atoms with Crippen molar-refractivity contribution in [2.45, 2.75) is 17.9 Å². The van der Waals surface area contributed by atoms with Crippen LogP contribution in [-0.4, -0.2) is 47.4 Å². The molecule has 152 valence electrons. The summed E-state index contributed by atoms with van der Waals surface area (Å²) in [7, 11) is -2.24. The van der Waals surface area contributed by atoms with Gasteiger partial charge in [-0.1, -0.05) is 12.1 Å². The third-order valence-corrected chi connectivity index (χ3v) is 5.19. The van der Waals surface area contributed by atoms with Gasteiger partial charge in [-0.25, -0.2) is 22.3 Å². The Labute approximate surface area is 163 Å². The highest BCUT2D eigenvalue weighted by molar-refractivity contribution is 7.89. The number of methoxy groups -OCH3 is 1. The number of halogens is 1.